The van der Waals surface area contributed by atoms with Crippen molar-refractivity contribution in [2.75, 3.05) is 11.1 Å². The van der Waals surface area contributed by atoms with Crippen LogP contribution < -0.4 is 11.1 Å². The molecule has 0 radical (unpaired) electrons. The van der Waals surface area contributed by atoms with Crippen LogP contribution in [0, 0.1) is 0 Å². The number of rotatable bonds is 3. The zero-order valence-corrected chi connectivity index (χ0v) is 11.5. The highest BCUT2D eigenvalue weighted by atomic mass is 35.5. The maximum absolute atomic E-state index is 6.17. The van der Waals surface area contributed by atoms with E-state index in [0.717, 1.165) is 16.9 Å². The highest BCUT2D eigenvalue weighted by molar-refractivity contribution is 6.35. The van der Waals surface area contributed by atoms with Gasteiger partial charge in [0.1, 0.15) is 0 Å². The van der Waals surface area contributed by atoms with Crippen LogP contribution in [0.2, 0.25) is 10.0 Å². The molecular weight excluding hydrogens is 267 g/mol. The van der Waals surface area contributed by atoms with E-state index in [1.807, 2.05) is 43.3 Å². The van der Waals surface area contributed by atoms with E-state index in [2.05, 4.69) is 5.32 Å². The number of hydrogen-bond acceptors (Lipinski definition) is 2. The van der Waals surface area contributed by atoms with E-state index in [9.17, 15) is 0 Å². The van der Waals surface area contributed by atoms with E-state index in [1.54, 1.807) is 6.07 Å². The molecule has 2 nitrogen and oxygen atoms in total. The van der Waals surface area contributed by atoms with Gasteiger partial charge in [-0.25, -0.2) is 0 Å². The van der Waals surface area contributed by atoms with Crippen molar-refractivity contribution in [2.45, 2.75) is 13.0 Å². The van der Waals surface area contributed by atoms with Gasteiger partial charge in [0.25, 0.3) is 0 Å². The molecular formula is C14H14Cl2N2. The molecule has 2 aromatic carbocycles. The minimum atomic E-state index is 0.0957. The van der Waals surface area contributed by atoms with Gasteiger partial charge < -0.3 is 11.1 Å². The van der Waals surface area contributed by atoms with Crippen LogP contribution in [0.1, 0.15) is 18.5 Å². The van der Waals surface area contributed by atoms with Crippen LogP contribution in [0.3, 0.4) is 0 Å². The average Bonchev–Trinajstić information content (AvgIpc) is 2.32. The highest BCUT2D eigenvalue weighted by Crippen LogP contribution is 2.28. The van der Waals surface area contributed by atoms with Gasteiger partial charge in [-0.2, -0.15) is 0 Å². The van der Waals surface area contributed by atoms with E-state index in [4.69, 9.17) is 28.9 Å². The van der Waals surface area contributed by atoms with Crippen molar-refractivity contribution < 1.29 is 0 Å². The summed E-state index contributed by atoms with van der Waals surface area (Å²) in [5, 5.41) is 4.67. The Kier molecular flexibility index (Phi) is 4.00. The second-order valence-corrected chi connectivity index (χ2v) is 5.00. The van der Waals surface area contributed by atoms with Crippen LogP contribution in [-0.2, 0) is 0 Å². The Morgan fingerprint density at radius 1 is 1.06 bits per heavy atom. The monoisotopic (exact) mass is 280 g/mol. The molecule has 2 aromatic rings. The molecule has 0 fully saturated rings. The molecule has 0 amide bonds. The molecule has 0 aliphatic heterocycles. The number of benzene rings is 2. The molecule has 1 unspecified atom stereocenters. The van der Waals surface area contributed by atoms with Crippen LogP contribution >= 0.6 is 23.2 Å². The van der Waals surface area contributed by atoms with E-state index < -0.39 is 0 Å². The predicted molar refractivity (Wildman–Crippen MR) is 79.4 cm³/mol. The average molecular weight is 281 g/mol. The largest absolute Gasteiger partial charge is 0.399 e. The summed E-state index contributed by atoms with van der Waals surface area (Å²) in [5.74, 6) is 0. The first-order valence-corrected chi connectivity index (χ1v) is 6.39. The number of anilines is 2. The quantitative estimate of drug-likeness (QED) is 0.797. The fourth-order valence-corrected chi connectivity index (χ4v) is 2.33. The molecule has 0 aliphatic rings. The first kappa shape index (κ1) is 13.1. The van der Waals surface area contributed by atoms with Gasteiger partial charge in [-0.1, -0.05) is 29.3 Å². The summed E-state index contributed by atoms with van der Waals surface area (Å²) in [6, 6.07) is 13.2. The zero-order chi connectivity index (χ0) is 13.1. The van der Waals surface area contributed by atoms with Crippen molar-refractivity contribution in [1.82, 2.24) is 0 Å². The molecule has 0 spiro atoms. The van der Waals surface area contributed by atoms with Crippen molar-refractivity contribution in [3.8, 4) is 0 Å². The summed E-state index contributed by atoms with van der Waals surface area (Å²) in [6.07, 6.45) is 0. The summed E-state index contributed by atoms with van der Waals surface area (Å²) in [4.78, 5) is 0. The lowest BCUT2D eigenvalue weighted by Crippen LogP contribution is -2.07. The maximum atomic E-state index is 6.17. The van der Waals surface area contributed by atoms with Gasteiger partial charge in [-0.15, -0.1) is 0 Å². The van der Waals surface area contributed by atoms with Gasteiger partial charge in [0.2, 0.25) is 0 Å². The number of nitrogen functional groups attached to an aromatic ring is 1. The third kappa shape index (κ3) is 3.09. The third-order valence-electron chi connectivity index (χ3n) is 2.72. The third-order valence-corrected chi connectivity index (χ3v) is 3.29. The van der Waals surface area contributed by atoms with Gasteiger partial charge in [0.05, 0.1) is 0 Å². The Morgan fingerprint density at radius 3 is 2.33 bits per heavy atom. The lowest BCUT2D eigenvalue weighted by Gasteiger charge is -2.17. The Hall–Kier alpha value is -1.38. The zero-order valence-electron chi connectivity index (χ0n) is 9.95. The Labute approximate surface area is 117 Å². The van der Waals surface area contributed by atoms with Crippen LogP contribution in [-0.4, -0.2) is 0 Å². The molecule has 4 heteroatoms. The summed E-state index contributed by atoms with van der Waals surface area (Å²) in [6.45, 7) is 2.05. The topological polar surface area (TPSA) is 38.0 Å². The predicted octanol–water partition coefficient (Wildman–Crippen LogP) is 4.75. The minimum Gasteiger partial charge on any atom is -0.399 e. The highest BCUT2D eigenvalue weighted by Gasteiger charge is 2.09. The Morgan fingerprint density at radius 2 is 1.72 bits per heavy atom. The van der Waals surface area contributed by atoms with Crippen molar-refractivity contribution in [1.29, 1.82) is 0 Å². The van der Waals surface area contributed by atoms with Gasteiger partial charge in [0, 0.05) is 27.5 Å². The van der Waals surface area contributed by atoms with Crippen molar-refractivity contribution in [2.24, 2.45) is 0 Å². The molecule has 1 atom stereocenters. The van der Waals surface area contributed by atoms with Crippen LogP contribution in [0.15, 0.2) is 42.5 Å². The lowest BCUT2D eigenvalue weighted by atomic mass is 10.1. The molecule has 94 valence electrons. The fourth-order valence-electron chi connectivity index (χ4n) is 1.76. The van der Waals surface area contributed by atoms with Crippen LogP contribution in [0.25, 0.3) is 0 Å². The normalized spacial score (nSPS) is 12.2. The number of nitrogens with one attached hydrogen (secondary N) is 1. The Balaban J connectivity index is 2.16. The van der Waals surface area contributed by atoms with Crippen LogP contribution in [0.4, 0.5) is 11.4 Å². The fraction of sp³-hybridized carbons (Fsp3) is 0.143. The standard InChI is InChI=1S/C14H14Cl2N2/c1-9(13-7-2-10(15)8-14(13)16)18-12-5-3-11(17)4-6-12/h2-9,18H,17H2,1H3. The van der Waals surface area contributed by atoms with E-state index >= 15 is 0 Å². The van der Waals surface area contributed by atoms with Crippen LogP contribution in [0.5, 0.6) is 0 Å². The first-order valence-electron chi connectivity index (χ1n) is 5.63. The van der Waals surface area contributed by atoms with Gasteiger partial charge in [0.15, 0.2) is 0 Å². The van der Waals surface area contributed by atoms with Gasteiger partial charge >= 0.3 is 0 Å². The molecule has 0 aromatic heterocycles. The maximum Gasteiger partial charge on any atom is 0.0500 e. The smallest absolute Gasteiger partial charge is 0.0500 e. The van der Waals surface area contributed by atoms with Gasteiger partial charge in [-0.3, -0.25) is 0 Å². The molecule has 3 N–H and O–H groups in total. The number of nitrogens with two attached hydrogens (primary N) is 1. The molecule has 18 heavy (non-hydrogen) atoms. The molecule has 0 saturated heterocycles. The SMILES string of the molecule is CC(Nc1ccc(N)cc1)c1ccc(Cl)cc1Cl. The van der Waals surface area contributed by atoms with E-state index in [1.165, 1.54) is 0 Å². The molecule has 0 aliphatic carbocycles. The molecule has 0 saturated carbocycles. The van der Waals surface area contributed by atoms with Crippen molar-refractivity contribution in [3.05, 3.63) is 58.1 Å². The van der Waals surface area contributed by atoms with Crippen molar-refractivity contribution >= 4 is 34.6 Å². The Bertz CT molecular complexity index is 538. The molecule has 0 bridgehead atoms. The van der Waals surface area contributed by atoms with Crippen molar-refractivity contribution in [3.63, 3.8) is 0 Å². The number of halogens is 2. The molecule has 2 rings (SSSR count). The summed E-state index contributed by atoms with van der Waals surface area (Å²) >= 11 is 12.1. The minimum absolute atomic E-state index is 0.0957. The van der Waals surface area contributed by atoms with E-state index in [0.29, 0.717) is 10.0 Å². The second kappa shape index (κ2) is 5.51. The van der Waals surface area contributed by atoms with Gasteiger partial charge in [-0.05, 0) is 48.9 Å². The second-order valence-electron chi connectivity index (χ2n) is 4.15. The summed E-state index contributed by atoms with van der Waals surface area (Å²) in [7, 11) is 0. The van der Waals surface area contributed by atoms with E-state index in [-0.39, 0.29) is 6.04 Å². The summed E-state index contributed by atoms with van der Waals surface area (Å²) in [5.41, 5.74) is 8.41. The molecule has 0 heterocycles. The number of hydrogen-bond donors (Lipinski definition) is 2. The first-order chi connectivity index (χ1) is 8.56. The lowest BCUT2D eigenvalue weighted by molar-refractivity contribution is 0.885. The summed E-state index contributed by atoms with van der Waals surface area (Å²) < 4.78 is 0.